The molecule has 1 aliphatic rings. The molecular weight excluding hydrogens is 514 g/mol. The zero-order valence-corrected chi connectivity index (χ0v) is 21.2. The number of allylic oxidation sites excluding steroid dienone is 1. The highest BCUT2D eigenvalue weighted by Gasteiger charge is 2.26. The van der Waals surface area contributed by atoms with Gasteiger partial charge in [-0.2, -0.15) is 5.10 Å². The lowest BCUT2D eigenvalue weighted by Gasteiger charge is -2.19. The molecule has 0 radical (unpaired) electrons. The predicted molar refractivity (Wildman–Crippen MR) is 139 cm³/mol. The van der Waals surface area contributed by atoms with Crippen molar-refractivity contribution in [3.8, 4) is 11.4 Å². The SMILES string of the molecule is COc1ccc(F)cc1S(=O)(=O)NC(=O)NC/C(F)=C1\CCCc2cnn(-c3ccc4ccccc4c3)c21. The molecular formula is C27H24F2N4O4S. The number of ether oxygens (including phenoxy) is 1. The molecule has 3 aromatic carbocycles. The van der Waals surface area contributed by atoms with Gasteiger partial charge in [-0.25, -0.2) is 31.4 Å². The van der Waals surface area contributed by atoms with Crippen LogP contribution in [0.3, 0.4) is 0 Å². The lowest BCUT2D eigenvalue weighted by molar-refractivity contribution is 0.246. The second-order valence-electron chi connectivity index (χ2n) is 8.78. The third-order valence-corrected chi connectivity index (χ3v) is 7.71. The van der Waals surface area contributed by atoms with Crippen molar-refractivity contribution in [1.29, 1.82) is 0 Å². The van der Waals surface area contributed by atoms with Crippen LogP contribution in [0.5, 0.6) is 5.75 Å². The first-order valence-electron chi connectivity index (χ1n) is 11.8. The van der Waals surface area contributed by atoms with E-state index < -0.39 is 39.1 Å². The largest absolute Gasteiger partial charge is 0.495 e. The van der Waals surface area contributed by atoms with Gasteiger partial charge >= 0.3 is 6.03 Å². The van der Waals surface area contributed by atoms with E-state index in [1.165, 1.54) is 7.11 Å². The Kier molecular flexibility index (Phi) is 6.85. The van der Waals surface area contributed by atoms with Crippen LogP contribution in [0.2, 0.25) is 0 Å². The average molecular weight is 539 g/mol. The summed E-state index contributed by atoms with van der Waals surface area (Å²) in [5.41, 5.74) is 2.69. The Labute approximate surface area is 218 Å². The maximum absolute atomic E-state index is 15.5. The molecule has 0 saturated heterocycles. The summed E-state index contributed by atoms with van der Waals surface area (Å²) in [5.74, 6) is -1.57. The van der Waals surface area contributed by atoms with Crippen LogP contribution in [0.15, 0.2) is 77.6 Å². The van der Waals surface area contributed by atoms with Gasteiger partial charge in [0, 0.05) is 5.57 Å². The van der Waals surface area contributed by atoms with Gasteiger partial charge in [-0.1, -0.05) is 30.3 Å². The monoisotopic (exact) mass is 538 g/mol. The Balaban J connectivity index is 1.37. The quantitative estimate of drug-likeness (QED) is 0.364. The minimum atomic E-state index is -4.48. The predicted octanol–water partition coefficient (Wildman–Crippen LogP) is 4.88. The highest BCUT2D eigenvalue weighted by molar-refractivity contribution is 7.90. The molecule has 1 heterocycles. The molecule has 0 fully saturated rings. The van der Waals surface area contributed by atoms with Crippen LogP contribution in [0.4, 0.5) is 13.6 Å². The molecule has 0 atom stereocenters. The topological polar surface area (TPSA) is 102 Å². The van der Waals surface area contributed by atoms with Crippen LogP contribution in [-0.4, -0.2) is 37.9 Å². The number of aryl methyl sites for hydroxylation is 1. The highest BCUT2D eigenvalue weighted by Crippen LogP contribution is 2.35. The molecule has 2 amide bonds. The molecule has 8 nitrogen and oxygen atoms in total. The number of benzene rings is 3. The maximum atomic E-state index is 15.5. The summed E-state index contributed by atoms with van der Waals surface area (Å²) < 4.78 is 62.7. The molecule has 38 heavy (non-hydrogen) atoms. The number of fused-ring (bicyclic) bond motifs is 2. The number of rotatable bonds is 6. The standard InChI is InChI=1S/C27H24F2N4O4S/c1-37-24-12-10-20(28)14-25(24)38(35,36)32-27(34)30-16-23(29)22-8-4-7-19-15-31-33(26(19)22)21-11-9-17-5-2-3-6-18(17)13-21/h2-3,5-6,9-15H,4,7-8,16H2,1H3,(H2,30,32,34)/b23-22-. The van der Waals surface area contributed by atoms with E-state index in [1.807, 2.05) is 42.5 Å². The van der Waals surface area contributed by atoms with E-state index in [-0.39, 0.29) is 5.75 Å². The first-order valence-corrected chi connectivity index (χ1v) is 13.3. The van der Waals surface area contributed by atoms with E-state index in [0.29, 0.717) is 24.1 Å². The van der Waals surface area contributed by atoms with Gasteiger partial charge in [0.1, 0.15) is 22.3 Å². The average Bonchev–Trinajstić information content (AvgIpc) is 3.35. The molecule has 196 valence electrons. The number of nitrogens with one attached hydrogen (secondary N) is 2. The number of urea groups is 1. The van der Waals surface area contributed by atoms with Crippen molar-refractivity contribution < 1.29 is 26.7 Å². The zero-order chi connectivity index (χ0) is 26.9. The lowest BCUT2D eigenvalue weighted by Crippen LogP contribution is -2.40. The van der Waals surface area contributed by atoms with Gasteiger partial charge in [0.2, 0.25) is 0 Å². The second kappa shape index (κ2) is 10.3. The van der Waals surface area contributed by atoms with E-state index in [4.69, 9.17) is 4.74 Å². The molecule has 1 aliphatic carbocycles. The van der Waals surface area contributed by atoms with Gasteiger partial charge < -0.3 is 10.1 Å². The molecule has 11 heteroatoms. The van der Waals surface area contributed by atoms with Gasteiger partial charge in [0.25, 0.3) is 10.0 Å². The Hall–Kier alpha value is -4.25. The van der Waals surface area contributed by atoms with Crippen LogP contribution < -0.4 is 14.8 Å². The summed E-state index contributed by atoms with van der Waals surface area (Å²) >= 11 is 0. The third kappa shape index (κ3) is 4.97. The number of hydrogen-bond donors (Lipinski definition) is 2. The molecule has 2 N–H and O–H groups in total. The Morgan fingerprint density at radius 1 is 1.08 bits per heavy atom. The molecule has 1 aromatic heterocycles. The van der Waals surface area contributed by atoms with Crippen molar-refractivity contribution in [1.82, 2.24) is 19.8 Å². The number of halogens is 2. The molecule has 0 saturated carbocycles. The summed E-state index contributed by atoms with van der Waals surface area (Å²) in [7, 11) is -3.26. The van der Waals surface area contributed by atoms with E-state index in [0.717, 1.165) is 46.6 Å². The normalized spacial score (nSPS) is 14.6. The molecule has 0 spiro atoms. The van der Waals surface area contributed by atoms with Crippen molar-refractivity contribution in [3.05, 3.63) is 89.8 Å². The molecule has 5 rings (SSSR count). The Bertz CT molecular complexity index is 1680. The molecule has 4 aromatic rings. The summed E-state index contributed by atoms with van der Waals surface area (Å²) in [5, 5.41) is 8.83. The fourth-order valence-corrected chi connectivity index (χ4v) is 5.68. The third-order valence-electron chi connectivity index (χ3n) is 6.36. The van der Waals surface area contributed by atoms with Crippen LogP contribution in [0.1, 0.15) is 24.1 Å². The minimum absolute atomic E-state index is 0.142. The number of methoxy groups -OCH3 is 1. The number of carbonyl (C=O) groups excluding carboxylic acids is 1. The summed E-state index contributed by atoms with van der Waals surface area (Å²) in [4.78, 5) is 11.8. The van der Waals surface area contributed by atoms with Gasteiger partial charge in [0.05, 0.1) is 31.2 Å². The Morgan fingerprint density at radius 2 is 1.87 bits per heavy atom. The lowest BCUT2D eigenvalue weighted by atomic mass is 9.92. The maximum Gasteiger partial charge on any atom is 0.329 e. The second-order valence-corrected chi connectivity index (χ2v) is 10.4. The van der Waals surface area contributed by atoms with Crippen molar-refractivity contribution >= 4 is 32.4 Å². The van der Waals surface area contributed by atoms with Crippen LogP contribution in [0.25, 0.3) is 22.0 Å². The van der Waals surface area contributed by atoms with Crippen molar-refractivity contribution in [2.75, 3.05) is 13.7 Å². The number of sulfonamides is 1. The van der Waals surface area contributed by atoms with Crippen molar-refractivity contribution in [2.24, 2.45) is 0 Å². The number of hydrogen-bond acceptors (Lipinski definition) is 5. The Morgan fingerprint density at radius 3 is 2.66 bits per heavy atom. The van der Waals surface area contributed by atoms with Crippen LogP contribution in [0, 0.1) is 5.82 Å². The number of carbonyl (C=O) groups is 1. The molecule has 0 aliphatic heterocycles. The molecule has 0 unspecified atom stereocenters. The van der Waals surface area contributed by atoms with Gasteiger partial charge in [-0.05, 0) is 65.9 Å². The fraction of sp³-hybridized carbons (Fsp3) is 0.185. The fourth-order valence-electron chi connectivity index (χ4n) is 4.57. The van der Waals surface area contributed by atoms with Crippen molar-refractivity contribution in [3.63, 3.8) is 0 Å². The zero-order valence-electron chi connectivity index (χ0n) is 20.4. The van der Waals surface area contributed by atoms with E-state index >= 15 is 4.39 Å². The van der Waals surface area contributed by atoms with Gasteiger partial charge in [0.15, 0.2) is 0 Å². The highest BCUT2D eigenvalue weighted by atomic mass is 32.2. The number of amides is 2. The van der Waals surface area contributed by atoms with Crippen LogP contribution >= 0.6 is 0 Å². The van der Waals surface area contributed by atoms with Gasteiger partial charge in [-0.15, -0.1) is 0 Å². The van der Waals surface area contributed by atoms with Crippen LogP contribution in [-0.2, 0) is 16.4 Å². The molecule has 0 bridgehead atoms. The smallest absolute Gasteiger partial charge is 0.329 e. The first-order chi connectivity index (χ1) is 18.3. The van der Waals surface area contributed by atoms with E-state index in [1.54, 1.807) is 15.6 Å². The minimum Gasteiger partial charge on any atom is -0.495 e. The van der Waals surface area contributed by atoms with Gasteiger partial charge in [-0.3, -0.25) is 0 Å². The summed E-state index contributed by atoms with van der Waals surface area (Å²) in [6.45, 7) is -0.542. The van der Waals surface area contributed by atoms with E-state index in [2.05, 4.69) is 10.4 Å². The summed E-state index contributed by atoms with van der Waals surface area (Å²) in [6.07, 6.45) is 3.59. The van der Waals surface area contributed by atoms with E-state index in [9.17, 15) is 17.6 Å². The van der Waals surface area contributed by atoms with Crippen molar-refractivity contribution in [2.45, 2.75) is 24.2 Å². The number of nitrogens with zero attached hydrogens (tertiary/aromatic N) is 2. The number of aromatic nitrogens is 2. The first kappa shape index (κ1) is 25.4. The summed E-state index contributed by atoms with van der Waals surface area (Å²) in [6, 6.07) is 15.5.